The van der Waals surface area contributed by atoms with Crippen molar-refractivity contribution in [3.63, 3.8) is 0 Å². The van der Waals surface area contributed by atoms with Crippen LogP contribution in [0.4, 0.5) is 4.39 Å². The van der Waals surface area contributed by atoms with E-state index in [0.29, 0.717) is 0 Å². The Morgan fingerprint density at radius 1 is 1.30 bits per heavy atom. The van der Waals surface area contributed by atoms with Crippen LogP contribution in [0.15, 0.2) is 46.1 Å². The zero-order valence-electron chi connectivity index (χ0n) is 13.0. The predicted octanol–water partition coefficient (Wildman–Crippen LogP) is 3.90. The SMILES string of the molecule is CN=C(NCc1ccsc1)NCC1(c2cccc(F)c2)CC1.I. The van der Waals surface area contributed by atoms with Gasteiger partial charge in [0.1, 0.15) is 5.82 Å². The van der Waals surface area contributed by atoms with Crippen molar-refractivity contribution in [1.29, 1.82) is 0 Å². The molecule has 0 radical (unpaired) electrons. The summed E-state index contributed by atoms with van der Waals surface area (Å²) in [5.74, 6) is 0.623. The molecule has 1 aromatic heterocycles. The number of halogens is 2. The highest BCUT2D eigenvalue weighted by Crippen LogP contribution is 2.47. The summed E-state index contributed by atoms with van der Waals surface area (Å²) < 4.78 is 13.4. The second-order valence-corrected chi connectivity index (χ2v) is 6.48. The lowest BCUT2D eigenvalue weighted by molar-refractivity contribution is 0.607. The lowest BCUT2D eigenvalue weighted by Crippen LogP contribution is -2.40. The van der Waals surface area contributed by atoms with Gasteiger partial charge in [-0.1, -0.05) is 12.1 Å². The summed E-state index contributed by atoms with van der Waals surface area (Å²) >= 11 is 1.69. The molecular weight excluding hydrogens is 424 g/mol. The third-order valence-corrected chi connectivity index (χ3v) is 4.88. The summed E-state index contributed by atoms with van der Waals surface area (Å²) in [5, 5.41) is 10.9. The minimum Gasteiger partial charge on any atom is -0.356 e. The maximum Gasteiger partial charge on any atom is 0.191 e. The summed E-state index contributed by atoms with van der Waals surface area (Å²) in [4.78, 5) is 4.25. The lowest BCUT2D eigenvalue weighted by atomic mass is 9.96. The lowest BCUT2D eigenvalue weighted by Gasteiger charge is -2.19. The predicted molar refractivity (Wildman–Crippen MR) is 105 cm³/mol. The molecule has 0 amide bonds. The van der Waals surface area contributed by atoms with Crippen molar-refractivity contribution < 1.29 is 4.39 Å². The van der Waals surface area contributed by atoms with Crippen molar-refractivity contribution in [2.24, 2.45) is 4.99 Å². The number of hydrogen-bond donors (Lipinski definition) is 2. The van der Waals surface area contributed by atoms with E-state index in [1.165, 1.54) is 11.6 Å². The molecule has 23 heavy (non-hydrogen) atoms. The molecule has 3 rings (SSSR count). The zero-order chi connectivity index (χ0) is 15.4. The van der Waals surface area contributed by atoms with E-state index in [9.17, 15) is 4.39 Å². The second-order valence-electron chi connectivity index (χ2n) is 5.70. The number of nitrogens with one attached hydrogen (secondary N) is 2. The van der Waals surface area contributed by atoms with Crippen LogP contribution < -0.4 is 10.6 Å². The van der Waals surface area contributed by atoms with E-state index in [0.717, 1.165) is 37.5 Å². The number of rotatable bonds is 5. The van der Waals surface area contributed by atoms with Gasteiger partial charge in [-0.15, -0.1) is 24.0 Å². The molecule has 3 nitrogen and oxygen atoms in total. The van der Waals surface area contributed by atoms with Crippen LogP contribution in [0.5, 0.6) is 0 Å². The van der Waals surface area contributed by atoms with Gasteiger partial charge in [-0.2, -0.15) is 11.3 Å². The molecule has 1 heterocycles. The van der Waals surface area contributed by atoms with Gasteiger partial charge in [0.15, 0.2) is 5.96 Å². The molecule has 0 saturated heterocycles. The smallest absolute Gasteiger partial charge is 0.191 e. The van der Waals surface area contributed by atoms with Crippen LogP contribution in [-0.2, 0) is 12.0 Å². The molecule has 1 aromatic carbocycles. The fourth-order valence-corrected chi connectivity index (χ4v) is 3.26. The van der Waals surface area contributed by atoms with Gasteiger partial charge in [-0.25, -0.2) is 4.39 Å². The standard InChI is InChI=1S/C17H20FN3S.HI/c1-19-16(20-10-13-5-8-22-11-13)21-12-17(6-7-17)14-3-2-4-15(18)9-14;/h2-5,8-9,11H,6-7,10,12H2,1H3,(H2,19,20,21);1H. The first-order valence-corrected chi connectivity index (χ1v) is 8.38. The van der Waals surface area contributed by atoms with E-state index in [4.69, 9.17) is 0 Å². The Kier molecular flexibility index (Phi) is 6.41. The van der Waals surface area contributed by atoms with Crippen molar-refractivity contribution in [3.05, 3.63) is 58.0 Å². The molecule has 2 aromatic rings. The van der Waals surface area contributed by atoms with Crippen LogP contribution >= 0.6 is 35.3 Å². The highest BCUT2D eigenvalue weighted by Gasteiger charge is 2.44. The minimum absolute atomic E-state index is 0. The molecule has 1 aliphatic rings. The average Bonchev–Trinajstić information content (AvgIpc) is 3.14. The fraction of sp³-hybridized carbons (Fsp3) is 0.353. The Balaban J connectivity index is 0.00000192. The Bertz CT molecular complexity index is 654. The van der Waals surface area contributed by atoms with Crippen molar-refractivity contribution in [2.45, 2.75) is 24.8 Å². The summed E-state index contributed by atoms with van der Waals surface area (Å²) in [6.07, 6.45) is 2.18. The summed E-state index contributed by atoms with van der Waals surface area (Å²) in [6.45, 7) is 1.54. The monoisotopic (exact) mass is 445 g/mol. The minimum atomic E-state index is -0.163. The normalized spacial score (nSPS) is 15.7. The Labute approximate surface area is 157 Å². The van der Waals surface area contributed by atoms with Gasteiger partial charge in [0.05, 0.1) is 0 Å². The van der Waals surface area contributed by atoms with E-state index in [1.54, 1.807) is 30.5 Å². The molecule has 0 aliphatic heterocycles. The molecule has 1 aliphatic carbocycles. The highest BCUT2D eigenvalue weighted by molar-refractivity contribution is 14.0. The van der Waals surface area contributed by atoms with Crippen LogP contribution in [0.25, 0.3) is 0 Å². The molecule has 0 unspecified atom stereocenters. The van der Waals surface area contributed by atoms with Gasteiger partial charge in [-0.05, 0) is 52.9 Å². The maximum atomic E-state index is 13.4. The van der Waals surface area contributed by atoms with Gasteiger partial charge in [-0.3, -0.25) is 4.99 Å². The zero-order valence-corrected chi connectivity index (χ0v) is 16.2. The quantitative estimate of drug-likeness (QED) is 0.416. The highest BCUT2D eigenvalue weighted by atomic mass is 127. The molecule has 1 fully saturated rings. The van der Waals surface area contributed by atoms with Gasteiger partial charge < -0.3 is 10.6 Å². The average molecular weight is 445 g/mol. The van der Waals surface area contributed by atoms with Crippen LogP contribution in [-0.4, -0.2) is 19.6 Å². The first kappa shape index (κ1) is 18.2. The molecule has 0 atom stereocenters. The molecule has 1 saturated carbocycles. The summed E-state index contributed by atoms with van der Waals surface area (Å²) in [7, 11) is 1.77. The fourth-order valence-electron chi connectivity index (χ4n) is 2.59. The van der Waals surface area contributed by atoms with Crippen LogP contribution in [0.1, 0.15) is 24.0 Å². The third-order valence-electron chi connectivity index (χ3n) is 4.15. The molecule has 0 spiro atoms. The van der Waals surface area contributed by atoms with Crippen LogP contribution in [0.2, 0.25) is 0 Å². The maximum absolute atomic E-state index is 13.4. The van der Waals surface area contributed by atoms with Crippen LogP contribution in [0, 0.1) is 5.82 Å². The second kappa shape index (κ2) is 8.10. The molecule has 124 valence electrons. The van der Waals surface area contributed by atoms with Gasteiger partial charge in [0.2, 0.25) is 0 Å². The van der Waals surface area contributed by atoms with E-state index < -0.39 is 0 Å². The van der Waals surface area contributed by atoms with Crippen LogP contribution in [0.3, 0.4) is 0 Å². The first-order chi connectivity index (χ1) is 10.7. The number of nitrogens with zero attached hydrogens (tertiary/aromatic N) is 1. The topological polar surface area (TPSA) is 36.4 Å². The van der Waals surface area contributed by atoms with Gasteiger partial charge >= 0.3 is 0 Å². The number of hydrogen-bond acceptors (Lipinski definition) is 2. The van der Waals surface area contributed by atoms with E-state index in [1.807, 2.05) is 6.07 Å². The molecule has 0 bridgehead atoms. The van der Waals surface area contributed by atoms with Crippen molar-refractivity contribution in [1.82, 2.24) is 10.6 Å². The Morgan fingerprint density at radius 3 is 2.74 bits per heavy atom. The van der Waals surface area contributed by atoms with Gasteiger partial charge in [0, 0.05) is 25.6 Å². The third kappa shape index (κ3) is 4.67. The van der Waals surface area contributed by atoms with Crippen molar-refractivity contribution in [2.75, 3.05) is 13.6 Å². The molecule has 2 N–H and O–H groups in total. The van der Waals surface area contributed by atoms with E-state index in [-0.39, 0.29) is 35.2 Å². The van der Waals surface area contributed by atoms with E-state index >= 15 is 0 Å². The number of aliphatic imine (C=N–C) groups is 1. The number of benzene rings is 1. The van der Waals surface area contributed by atoms with Gasteiger partial charge in [0.25, 0.3) is 0 Å². The largest absolute Gasteiger partial charge is 0.356 e. The van der Waals surface area contributed by atoms with Crippen molar-refractivity contribution >= 4 is 41.3 Å². The molecule has 6 heteroatoms. The summed E-state index contributed by atoms with van der Waals surface area (Å²) in [5.41, 5.74) is 2.38. The summed E-state index contributed by atoms with van der Waals surface area (Å²) in [6, 6.07) is 9.04. The Hall–Kier alpha value is -1.15. The number of guanidine groups is 1. The van der Waals surface area contributed by atoms with E-state index in [2.05, 4.69) is 32.5 Å². The number of thiophene rings is 1. The molecular formula is C17H21FIN3S. The van der Waals surface area contributed by atoms with Crippen molar-refractivity contribution in [3.8, 4) is 0 Å². The first-order valence-electron chi connectivity index (χ1n) is 7.43. The Morgan fingerprint density at radius 2 is 2.13 bits per heavy atom.